The van der Waals surface area contributed by atoms with Gasteiger partial charge in [-0.15, -0.1) is 0 Å². The first kappa shape index (κ1) is 14.9. The smallest absolute Gasteiger partial charge is 0.254 e. The predicted octanol–water partition coefficient (Wildman–Crippen LogP) is 3.88. The van der Waals surface area contributed by atoms with Gasteiger partial charge in [0, 0.05) is 16.6 Å². The highest BCUT2D eigenvalue weighted by atomic mass is 16.5. The zero-order chi connectivity index (χ0) is 15.0. The van der Waals surface area contributed by atoms with Crippen LogP contribution in [0.5, 0.6) is 5.75 Å². The summed E-state index contributed by atoms with van der Waals surface area (Å²) in [6, 6.07) is 7.39. The Hall–Kier alpha value is -1.51. The lowest BCUT2D eigenvalue weighted by atomic mass is 9.79. The number of methoxy groups -OCH3 is 1. The molecule has 0 atom stereocenters. The summed E-state index contributed by atoms with van der Waals surface area (Å²) >= 11 is 0. The highest BCUT2D eigenvalue weighted by molar-refractivity contribution is 5.95. The maximum Gasteiger partial charge on any atom is 0.254 e. The summed E-state index contributed by atoms with van der Waals surface area (Å²) in [7, 11) is 1.63. The van der Waals surface area contributed by atoms with Gasteiger partial charge in [-0.2, -0.15) is 0 Å². The number of hydrogen-bond acceptors (Lipinski definition) is 2. The first-order valence-corrected chi connectivity index (χ1v) is 7.27. The number of hydrogen-bond donors (Lipinski definition) is 0. The monoisotopic (exact) mass is 275 g/mol. The number of carbonyl (C=O) groups excluding carboxylic acids is 1. The Morgan fingerprint density at radius 1 is 1.05 bits per heavy atom. The van der Waals surface area contributed by atoms with Crippen molar-refractivity contribution in [3.05, 3.63) is 29.8 Å². The molecule has 0 N–H and O–H groups in total. The van der Waals surface area contributed by atoms with E-state index >= 15 is 0 Å². The Kier molecular flexibility index (Phi) is 3.81. The van der Waals surface area contributed by atoms with Crippen molar-refractivity contribution in [3.8, 4) is 5.75 Å². The SMILES string of the molecule is COc1ccc(C(=O)N2C(C)(C)CCCC2(C)C)cc1. The normalized spacial score (nSPS) is 20.6. The average Bonchev–Trinajstić information content (AvgIpc) is 2.36. The molecule has 0 spiro atoms. The zero-order valence-electron chi connectivity index (χ0n) is 13.2. The van der Waals surface area contributed by atoms with Crippen LogP contribution in [0.25, 0.3) is 0 Å². The van der Waals surface area contributed by atoms with Crippen LogP contribution in [0.4, 0.5) is 0 Å². The molecule has 20 heavy (non-hydrogen) atoms. The van der Waals surface area contributed by atoms with Gasteiger partial charge in [-0.25, -0.2) is 0 Å². The minimum atomic E-state index is -0.0985. The molecule has 1 amide bonds. The van der Waals surface area contributed by atoms with Crippen LogP contribution >= 0.6 is 0 Å². The second-order valence-corrected chi connectivity index (χ2v) is 6.85. The fourth-order valence-corrected chi connectivity index (χ4v) is 3.41. The number of likely N-dealkylation sites (tertiary alicyclic amines) is 1. The standard InChI is InChI=1S/C17H25NO2/c1-16(2)11-6-12-17(3,4)18(16)15(19)13-7-9-14(20-5)10-8-13/h7-10H,6,11-12H2,1-5H3. The summed E-state index contributed by atoms with van der Waals surface area (Å²) in [5.74, 6) is 0.890. The fraction of sp³-hybridized carbons (Fsp3) is 0.588. The summed E-state index contributed by atoms with van der Waals surface area (Å²) in [4.78, 5) is 15.0. The molecule has 0 saturated carbocycles. The van der Waals surface area contributed by atoms with Crippen molar-refractivity contribution >= 4 is 5.91 Å². The summed E-state index contributed by atoms with van der Waals surface area (Å²) in [6.07, 6.45) is 3.28. The van der Waals surface area contributed by atoms with Crippen molar-refractivity contribution in [1.82, 2.24) is 4.90 Å². The first-order valence-electron chi connectivity index (χ1n) is 7.27. The van der Waals surface area contributed by atoms with Crippen LogP contribution in [0.1, 0.15) is 57.3 Å². The molecule has 2 rings (SSSR count). The molecule has 3 nitrogen and oxygen atoms in total. The van der Waals surface area contributed by atoms with Gasteiger partial charge in [-0.05, 0) is 71.2 Å². The molecule has 1 aliphatic rings. The Labute approximate surface area is 121 Å². The van der Waals surface area contributed by atoms with E-state index in [0.29, 0.717) is 0 Å². The number of benzene rings is 1. The van der Waals surface area contributed by atoms with Gasteiger partial charge < -0.3 is 9.64 Å². The van der Waals surface area contributed by atoms with Crippen LogP contribution in [-0.4, -0.2) is 29.0 Å². The van der Waals surface area contributed by atoms with Crippen molar-refractivity contribution in [2.24, 2.45) is 0 Å². The Balaban J connectivity index is 2.33. The van der Waals surface area contributed by atoms with Gasteiger partial charge in [-0.3, -0.25) is 4.79 Å². The number of amides is 1. The second kappa shape index (κ2) is 5.12. The second-order valence-electron chi connectivity index (χ2n) is 6.85. The molecule has 0 bridgehead atoms. The van der Waals surface area contributed by atoms with Gasteiger partial charge in [0.1, 0.15) is 5.75 Å². The van der Waals surface area contributed by atoms with Gasteiger partial charge in [0.05, 0.1) is 7.11 Å². The number of piperidine rings is 1. The highest BCUT2D eigenvalue weighted by Gasteiger charge is 2.44. The zero-order valence-corrected chi connectivity index (χ0v) is 13.2. The van der Waals surface area contributed by atoms with Crippen LogP contribution in [0.3, 0.4) is 0 Å². The largest absolute Gasteiger partial charge is 0.497 e. The van der Waals surface area contributed by atoms with Crippen molar-refractivity contribution in [2.45, 2.75) is 58.0 Å². The van der Waals surface area contributed by atoms with Crippen LogP contribution in [0.2, 0.25) is 0 Å². The van der Waals surface area contributed by atoms with Crippen molar-refractivity contribution in [1.29, 1.82) is 0 Å². The molecular formula is C17H25NO2. The van der Waals surface area contributed by atoms with E-state index < -0.39 is 0 Å². The van der Waals surface area contributed by atoms with Crippen molar-refractivity contribution < 1.29 is 9.53 Å². The maximum atomic E-state index is 12.9. The molecule has 0 aliphatic carbocycles. The molecule has 1 saturated heterocycles. The third kappa shape index (κ3) is 2.67. The highest BCUT2D eigenvalue weighted by Crippen LogP contribution is 2.39. The van der Waals surface area contributed by atoms with E-state index in [-0.39, 0.29) is 17.0 Å². The average molecular weight is 275 g/mol. The van der Waals surface area contributed by atoms with Gasteiger partial charge in [0.2, 0.25) is 0 Å². The fourth-order valence-electron chi connectivity index (χ4n) is 3.41. The van der Waals surface area contributed by atoms with Crippen LogP contribution < -0.4 is 4.74 Å². The molecular weight excluding hydrogens is 250 g/mol. The van der Waals surface area contributed by atoms with E-state index in [1.165, 1.54) is 6.42 Å². The molecule has 1 aliphatic heterocycles. The van der Waals surface area contributed by atoms with Crippen LogP contribution in [0, 0.1) is 0 Å². The van der Waals surface area contributed by atoms with E-state index in [4.69, 9.17) is 4.74 Å². The van der Waals surface area contributed by atoms with Gasteiger partial charge in [0.25, 0.3) is 5.91 Å². The third-order valence-electron chi connectivity index (χ3n) is 4.33. The molecule has 1 fully saturated rings. The minimum Gasteiger partial charge on any atom is -0.497 e. The molecule has 0 aromatic heterocycles. The number of ether oxygens (including phenoxy) is 1. The van der Waals surface area contributed by atoms with Gasteiger partial charge in [0.15, 0.2) is 0 Å². The van der Waals surface area contributed by atoms with E-state index in [2.05, 4.69) is 32.6 Å². The van der Waals surface area contributed by atoms with Gasteiger partial charge in [-0.1, -0.05) is 0 Å². The number of nitrogens with zero attached hydrogens (tertiary/aromatic N) is 1. The quantitative estimate of drug-likeness (QED) is 0.819. The molecule has 1 heterocycles. The predicted molar refractivity (Wildman–Crippen MR) is 81.2 cm³/mol. The Morgan fingerprint density at radius 2 is 1.55 bits per heavy atom. The van der Waals surface area contributed by atoms with Crippen molar-refractivity contribution in [3.63, 3.8) is 0 Å². The van der Waals surface area contributed by atoms with E-state index in [0.717, 1.165) is 24.2 Å². The number of carbonyl (C=O) groups is 1. The molecule has 1 aromatic rings. The molecule has 0 radical (unpaired) electrons. The first-order chi connectivity index (χ1) is 9.28. The number of rotatable bonds is 2. The van der Waals surface area contributed by atoms with Gasteiger partial charge >= 0.3 is 0 Å². The molecule has 1 aromatic carbocycles. The topological polar surface area (TPSA) is 29.5 Å². The minimum absolute atomic E-state index is 0.0985. The Bertz CT molecular complexity index is 472. The molecule has 110 valence electrons. The van der Waals surface area contributed by atoms with E-state index in [9.17, 15) is 4.79 Å². The van der Waals surface area contributed by atoms with Crippen LogP contribution in [-0.2, 0) is 0 Å². The molecule has 3 heteroatoms. The summed E-state index contributed by atoms with van der Waals surface area (Å²) in [5, 5.41) is 0. The lowest BCUT2D eigenvalue weighted by molar-refractivity contribution is -0.0111. The summed E-state index contributed by atoms with van der Waals surface area (Å²) in [5.41, 5.74) is 0.534. The Morgan fingerprint density at radius 3 is 2.00 bits per heavy atom. The summed E-state index contributed by atoms with van der Waals surface area (Å²) < 4.78 is 5.15. The van der Waals surface area contributed by atoms with Crippen LogP contribution in [0.15, 0.2) is 24.3 Å². The molecule has 0 unspecified atom stereocenters. The van der Waals surface area contributed by atoms with E-state index in [1.54, 1.807) is 7.11 Å². The lowest BCUT2D eigenvalue weighted by Crippen LogP contribution is -2.60. The lowest BCUT2D eigenvalue weighted by Gasteiger charge is -2.53. The van der Waals surface area contributed by atoms with E-state index in [1.807, 2.05) is 24.3 Å². The third-order valence-corrected chi connectivity index (χ3v) is 4.33. The maximum absolute atomic E-state index is 12.9. The van der Waals surface area contributed by atoms with Crippen molar-refractivity contribution in [2.75, 3.05) is 7.11 Å². The summed E-state index contributed by atoms with van der Waals surface area (Å²) in [6.45, 7) is 8.65.